The first-order valence-corrected chi connectivity index (χ1v) is 8.53. The van der Waals surface area contributed by atoms with E-state index in [9.17, 15) is 9.90 Å². The van der Waals surface area contributed by atoms with Gasteiger partial charge in [-0.15, -0.1) is 0 Å². The quantitative estimate of drug-likeness (QED) is 0.820. The lowest BCUT2D eigenvalue weighted by Gasteiger charge is -2.29. The molecule has 2 atom stereocenters. The van der Waals surface area contributed by atoms with Crippen molar-refractivity contribution in [2.45, 2.75) is 46.1 Å². The van der Waals surface area contributed by atoms with E-state index in [0.717, 1.165) is 17.8 Å². The first kappa shape index (κ1) is 18.2. The van der Waals surface area contributed by atoms with E-state index >= 15 is 0 Å². The van der Waals surface area contributed by atoms with Gasteiger partial charge in [0.05, 0.1) is 28.7 Å². The molecule has 0 bridgehead atoms. The molecule has 2 unspecified atom stereocenters. The topological polar surface area (TPSA) is 67.2 Å². The van der Waals surface area contributed by atoms with E-state index in [1.54, 1.807) is 17.8 Å². The van der Waals surface area contributed by atoms with Crippen LogP contribution in [0.4, 0.5) is 0 Å². The number of nitrogens with zero attached hydrogens (tertiary/aromatic N) is 2. The number of aliphatic hydroxyl groups is 1. The highest BCUT2D eigenvalue weighted by molar-refractivity contribution is 5.95. The summed E-state index contributed by atoms with van der Waals surface area (Å²) in [7, 11) is 0. The van der Waals surface area contributed by atoms with Crippen LogP contribution >= 0.6 is 0 Å². The fourth-order valence-electron chi connectivity index (χ4n) is 2.66. The van der Waals surface area contributed by atoms with Crippen LogP contribution in [0.5, 0.6) is 0 Å². The summed E-state index contributed by atoms with van der Waals surface area (Å²) in [6, 6.07) is 9.76. The maximum atomic E-state index is 12.6. The van der Waals surface area contributed by atoms with Gasteiger partial charge in [-0.3, -0.25) is 4.79 Å². The SMILES string of the molecule is CCc1c(C(=O)NCC(C)(O)C(C)CC)cnn1-c1ccccc1. The lowest BCUT2D eigenvalue weighted by Crippen LogP contribution is -2.45. The molecule has 0 saturated carbocycles. The summed E-state index contributed by atoms with van der Waals surface area (Å²) in [5.41, 5.74) is 1.43. The Hall–Kier alpha value is -2.14. The fraction of sp³-hybridized carbons (Fsp3) is 0.474. The second kappa shape index (κ2) is 7.62. The molecule has 2 rings (SSSR count). The number of rotatable bonds is 7. The molecule has 1 amide bonds. The molecule has 0 aliphatic rings. The van der Waals surface area contributed by atoms with Crippen molar-refractivity contribution >= 4 is 5.91 Å². The number of hydrogen-bond acceptors (Lipinski definition) is 3. The first-order chi connectivity index (χ1) is 11.4. The number of para-hydroxylation sites is 1. The van der Waals surface area contributed by atoms with Gasteiger partial charge in [-0.1, -0.05) is 45.4 Å². The Balaban J connectivity index is 2.18. The van der Waals surface area contributed by atoms with Gasteiger partial charge in [0.2, 0.25) is 0 Å². The molecular formula is C19H27N3O2. The number of nitrogens with one attached hydrogen (secondary N) is 1. The zero-order valence-electron chi connectivity index (χ0n) is 14.9. The summed E-state index contributed by atoms with van der Waals surface area (Å²) < 4.78 is 1.79. The zero-order valence-corrected chi connectivity index (χ0v) is 14.9. The minimum absolute atomic E-state index is 0.107. The molecule has 5 heteroatoms. The molecule has 0 radical (unpaired) electrons. The van der Waals surface area contributed by atoms with Gasteiger partial charge in [-0.05, 0) is 31.4 Å². The maximum absolute atomic E-state index is 12.6. The minimum Gasteiger partial charge on any atom is -0.388 e. The Morgan fingerprint density at radius 3 is 2.58 bits per heavy atom. The van der Waals surface area contributed by atoms with Crippen LogP contribution in [0.1, 0.15) is 50.2 Å². The van der Waals surface area contributed by atoms with Crippen LogP contribution < -0.4 is 5.32 Å². The minimum atomic E-state index is -0.924. The zero-order chi connectivity index (χ0) is 17.7. The third-order valence-electron chi connectivity index (χ3n) is 4.73. The van der Waals surface area contributed by atoms with Crippen LogP contribution in [-0.2, 0) is 6.42 Å². The molecule has 0 aliphatic heterocycles. The summed E-state index contributed by atoms with van der Waals surface area (Å²) >= 11 is 0. The van der Waals surface area contributed by atoms with Gasteiger partial charge in [0, 0.05) is 6.54 Å². The third kappa shape index (κ3) is 3.85. The summed E-state index contributed by atoms with van der Waals surface area (Å²) in [4.78, 5) is 12.6. The molecule has 1 aromatic heterocycles. The van der Waals surface area contributed by atoms with Crippen molar-refractivity contribution < 1.29 is 9.90 Å². The van der Waals surface area contributed by atoms with Crippen LogP contribution in [0.2, 0.25) is 0 Å². The van der Waals surface area contributed by atoms with Gasteiger partial charge in [0.15, 0.2) is 0 Å². The van der Waals surface area contributed by atoms with E-state index in [4.69, 9.17) is 0 Å². The van der Waals surface area contributed by atoms with Crippen molar-refractivity contribution in [2.24, 2.45) is 5.92 Å². The standard InChI is InChI=1S/C19H27N3O2/c1-5-14(3)19(4,24)13-20-18(23)16-12-21-22(17(16)6-2)15-10-8-7-9-11-15/h7-12,14,24H,5-6,13H2,1-4H3,(H,20,23). The summed E-state index contributed by atoms with van der Waals surface area (Å²) in [6.45, 7) is 8.00. The van der Waals surface area contributed by atoms with E-state index in [1.165, 1.54) is 0 Å². The highest BCUT2D eigenvalue weighted by Crippen LogP contribution is 2.20. The lowest BCUT2D eigenvalue weighted by molar-refractivity contribution is 0.00591. The highest BCUT2D eigenvalue weighted by atomic mass is 16.3. The van der Waals surface area contributed by atoms with Crippen molar-refractivity contribution in [1.29, 1.82) is 0 Å². The maximum Gasteiger partial charge on any atom is 0.254 e. The average Bonchev–Trinajstić information content (AvgIpc) is 3.03. The largest absolute Gasteiger partial charge is 0.388 e. The molecule has 2 aromatic rings. The van der Waals surface area contributed by atoms with E-state index in [1.807, 2.05) is 51.1 Å². The van der Waals surface area contributed by atoms with Crippen LogP contribution in [0.25, 0.3) is 5.69 Å². The van der Waals surface area contributed by atoms with Gasteiger partial charge in [0.1, 0.15) is 0 Å². The molecule has 0 spiro atoms. The fourth-order valence-corrected chi connectivity index (χ4v) is 2.66. The Morgan fingerprint density at radius 2 is 2.00 bits per heavy atom. The predicted molar refractivity (Wildman–Crippen MR) is 95.4 cm³/mol. The van der Waals surface area contributed by atoms with E-state index in [0.29, 0.717) is 12.0 Å². The van der Waals surface area contributed by atoms with E-state index < -0.39 is 5.60 Å². The normalized spacial score (nSPS) is 14.9. The second-order valence-electron chi connectivity index (χ2n) is 6.45. The molecule has 5 nitrogen and oxygen atoms in total. The Morgan fingerprint density at radius 1 is 1.33 bits per heavy atom. The van der Waals surface area contributed by atoms with Gasteiger partial charge in [-0.2, -0.15) is 5.10 Å². The molecule has 0 saturated heterocycles. The number of benzene rings is 1. The molecule has 1 aromatic carbocycles. The number of hydrogen-bond donors (Lipinski definition) is 2. The van der Waals surface area contributed by atoms with Crippen molar-refractivity contribution in [3.05, 3.63) is 47.8 Å². The van der Waals surface area contributed by atoms with Crippen LogP contribution in [0, 0.1) is 5.92 Å². The Kier molecular flexibility index (Phi) is 5.78. The molecule has 1 heterocycles. The average molecular weight is 329 g/mol. The number of carbonyl (C=O) groups excluding carboxylic acids is 1. The van der Waals surface area contributed by atoms with Crippen molar-refractivity contribution in [3.8, 4) is 5.69 Å². The molecule has 2 N–H and O–H groups in total. The van der Waals surface area contributed by atoms with Crippen molar-refractivity contribution in [3.63, 3.8) is 0 Å². The summed E-state index contributed by atoms with van der Waals surface area (Å²) in [5, 5.41) is 17.7. The van der Waals surface area contributed by atoms with E-state index in [-0.39, 0.29) is 18.4 Å². The monoisotopic (exact) mass is 329 g/mol. The summed E-state index contributed by atoms with van der Waals surface area (Å²) in [5.74, 6) is -0.0897. The summed E-state index contributed by atoms with van der Waals surface area (Å²) in [6.07, 6.45) is 3.15. The smallest absolute Gasteiger partial charge is 0.254 e. The van der Waals surface area contributed by atoms with Crippen LogP contribution in [0.15, 0.2) is 36.5 Å². The predicted octanol–water partition coefficient (Wildman–Crippen LogP) is 2.96. The van der Waals surface area contributed by atoms with Gasteiger partial charge in [-0.25, -0.2) is 4.68 Å². The second-order valence-corrected chi connectivity index (χ2v) is 6.45. The molecule has 0 fully saturated rings. The number of amides is 1. The molecule has 130 valence electrons. The Bertz CT molecular complexity index is 677. The van der Waals surface area contributed by atoms with Gasteiger partial charge >= 0.3 is 0 Å². The molecule has 24 heavy (non-hydrogen) atoms. The van der Waals surface area contributed by atoms with Gasteiger partial charge in [0.25, 0.3) is 5.91 Å². The van der Waals surface area contributed by atoms with Crippen molar-refractivity contribution in [1.82, 2.24) is 15.1 Å². The van der Waals surface area contributed by atoms with Gasteiger partial charge < -0.3 is 10.4 Å². The third-order valence-corrected chi connectivity index (χ3v) is 4.73. The van der Waals surface area contributed by atoms with Crippen LogP contribution in [-0.4, -0.2) is 32.9 Å². The first-order valence-electron chi connectivity index (χ1n) is 8.53. The molecular weight excluding hydrogens is 302 g/mol. The molecule has 0 aliphatic carbocycles. The number of aromatic nitrogens is 2. The lowest BCUT2D eigenvalue weighted by atomic mass is 9.88. The van der Waals surface area contributed by atoms with E-state index in [2.05, 4.69) is 10.4 Å². The van der Waals surface area contributed by atoms with Crippen LogP contribution in [0.3, 0.4) is 0 Å². The number of carbonyl (C=O) groups is 1. The Labute approximate surface area is 143 Å². The highest BCUT2D eigenvalue weighted by Gasteiger charge is 2.28. The van der Waals surface area contributed by atoms with Crippen molar-refractivity contribution in [2.75, 3.05) is 6.54 Å².